The molecule has 0 saturated carbocycles. The van der Waals surface area contributed by atoms with E-state index in [-0.39, 0.29) is 6.10 Å². The average Bonchev–Trinajstić information content (AvgIpc) is 2.74. The van der Waals surface area contributed by atoms with E-state index in [1.165, 1.54) is 9.77 Å². The number of halogens is 2. The third-order valence-corrected chi connectivity index (χ3v) is 6.15. The van der Waals surface area contributed by atoms with Crippen molar-refractivity contribution < 1.29 is 5.11 Å². The first-order chi connectivity index (χ1) is 8.65. The zero-order valence-corrected chi connectivity index (χ0v) is 14.3. The Bertz CT molecular complexity index is 513. The van der Waals surface area contributed by atoms with Gasteiger partial charge in [0.05, 0.1) is 9.89 Å². The lowest BCUT2D eigenvalue weighted by molar-refractivity contribution is 0.201. The van der Waals surface area contributed by atoms with Crippen LogP contribution in [-0.4, -0.2) is 17.0 Å². The van der Waals surface area contributed by atoms with Gasteiger partial charge in [0, 0.05) is 26.4 Å². The summed E-state index contributed by atoms with van der Waals surface area (Å²) < 4.78 is 2.20. The maximum Gasteiger partial charge on any atom is 0.0701 e. The second-order valence-electron chi connectivity index (χ2n) is 3.81. The molecule has 1 nitrogen and oxygen atoms in total. The maximum atomic E-state index is 10.0. The molecule has 0 fully saturated rings. The molecule has 0 aliphatic rings. The average molecular weight is 408 g/mol. The lowest BCUT2D eigenvalue weighted by atomic mass is 10.2. The summed E-state index contributed by atoms with van der Waals surface area (Å²) in [5.41, 5.74) is 0. The van der Waals surface area contributed by atoms with Crippen LogP contribution in [0.5, 0.6) is 0 Å². The Labute approximate surface area is 132 Å². The van der Waals surface area contributed by atoms with Crippen molar-refractivity contribution in [3.05, 3.63) is 49.5 Å². The van der Waals surface area contributed by atoms with Gasteiger partial charge in [0.15, 0.2) is 0 Å². The van der Waals surface area contributed by atoms with Crippen LogP contribution in [0.1, 0.15) is 4.88 Å². The molecule has 1 aromatic heterocycles. The SMILES string of the molecule is OC(CSc1ccccc1Br)Cc1ccc(Br)s1. The summed E-state index contributed by atoms with van der Waals surface area (Å²) in [6.45, 7) is 0. The van der Waals surface area contributed by atoms with Gasteiger partial charge >= 0.3 is 0 Å². The zero-order chi connectivity index (χ0) is 13.0. The summed E-state index contributed by atoms with van der Waals surface area (Å²) in [5, 5.41) is 10.0. The van der Waals surface area contributed by atoms with E-state index in [2.05, 4.69) is 44.0 Å². The van der Waals surface area contributed by atoms with Crippen LogP contribution in [0.25, 0.3) is 0 Å². The lowest BCUT2D eigenvalue weighted by Crippen LogP contribution is -2.12. The fourth-order valence-electron chi connectivity index (χ4n) is 1.50. The number of aliphatic hydroxyl groups excluding tert-OH is 1. The van der Waals surface area contributed by atoms with Crippen molar-refractivity contribution >= 4 is 55.0 Å². The number of benzene rings is 1. The highest BCUT2D eigenvalue weighted by Crippen LogP contribution is 2.29. The van der Waals surface area contributed by atoms with Crippen LogP contribution >= 0.6 is 55.0 Å². The number of aliphatic hydroxyl groups is 1. The Morgan fingerprint density at radius 3 is 2.61 bits per heavy atom. The largest absolute Gasteiger partial charge is 0.392 e. The van der Waals surface area contributed by atoms with Gasteiger partial charge in [0.25, 0.3) is 0 Å². The molecule has 0 spiro atoms. The number of thioether (sulfide) groups is 1. The van der Waals surface area contributed by atoms with E-state index < -0.39 is 0 Å². The van der Waals surface area contributed by atoms with Crippen LogP contribution in [0, 0.1) is 0 Å². The minimum absolute atomic E-state index is 0.312. The highest BCUT2D eigenvalue weighted by Gasteiger charge is 2.09. The lowest BCUT2D eigenvalue weighted by Gasteiger charge is -2.09. The van der Waals surface area contributed by atoms with Crippen LogP contribution in [0.3, 0.4) is 0 Å². The van der Waals surface area contributed by atoms with Crippen molar-refractivity contribution in [3.63, 3.8) is 0 Å². The molecule has 0 aliphatic heterocycles. The molecule has 1 N–H and O–H groups in total. The highest BCUT2D eigenvalue weighted by atomic mass is 79.9. The molecule has 1 aromatic carbocycles. The number of thiophene rings is 1. The van der Waals surface area contributed by atoms with E-state index in [0.29, 0.717) is 12.2 Å². The zero-order valence-electron chi connectivity index (χ0n) is 9.48. The van der Waals surface area contributed by atoms with E-state index in [9.17, 15) is 5.11 Å². The minimum Gasteiger partial charge on any atom is -0.392 e. The van der Waals surface area contributed by atoms with Gasteiger partial charge in [-0.15, -0.1) is 23.1 Å². The molecule has 1 unspecified atom stereocenters. The Balaban J connectivity index is 1.85. The molecule has 5 heteroatoms. The van der Waals surface area contributed by atoms with Gasteiger partial charge in [0.1, 0.15) is 0 Å². The maximum absolute atomic E-state index is 10.0. The molecule has 2 rings (SSSR count). The van der Waals surface area contributed by atoms with Gasteiger partial charge in [-0.2, -0.15) is 0 Å². The second-order valence-corrected chi connectivity index (χ2v) is 8.27. The van der Waals surface area contributed by atoms with Crippen LogP contribution in [0.4, 0.5) is 0 Å². The number of hydrogen-bond donors (Lipinski definition) is 1. The molecule has 1 atom stereocenters. The predicted octanol–water partition coefficient (Wildman–Crippen LogP) is 4.97. The predicted molar refractivity (Wildman–Crippen MR) is 86.6 cm³/mol. The Morgan fingerprint density at radius 2 is 1.94 bits per heavy atom. The normalized spacial score (nSPS) is 12.6. The Kier molecular flexibility index (Phi) is 5.76. The fourth-order valence-corrected chi connectivity index (χ4v) is 4.55. The summed E-state index contributed by atoms with van der Waals surface area (Å²) in [5.74, 6) is 0.706. The first-order valence-corrected chi connectivity index (χ1v) is 8.83. The third kappa shape index (κ3) is 4.38. The van der Waals surface area contributed by atoms with Crippen LogP contribution in [-0.2, 0) is 6.42 Å². The molecule has 96 valence electrons. The van der Waals surface area contributed by atoms with Crippen molar-refractivity contribution in [2.24, 2.45) is 0 Å². The number of hydrogen-bond acceptors (Lipinski definition) is 3. The number of rotatable bonds is 5. The van der Waals surface area contributed by atoms with Gasteiger partial charge < -0.3 is 5.11 Å². The van der Waals surface area contributed by atoms with Gasteiger partial charge in [-0.3, -0.25) is 0 Å². The first kappa shape index (κ1) is 14.6. The standard InChI is InChI=1S/C13H12Br2OS2/c14-11-3-1-2-4-12(11)17-8-9(16)7-10-5-6-13(15)18-10/h1-6,9,16H,7-8H2. The molecule has 18 heavy (non-hydrogen) atoms. The molecule has 0 bridgehead atoms. The second kappa shape index (κ2) is 7.10. The van der Waals surface area contributed by atoms with Crippen molar-refractivity contribution in [2.45, 2.75) is 17.4 Å². The molecule has 2 aromatic rings. The summed E-state index contributed by atoms with van der Waals surface area (Å²) in [7, 11) is 0. The fraction of sp³-hybridized carbons (Fsp3) is 0.231. The van der Waals surface area contributed by atoms with Gasteiger partial charge in [-0.25, -0.2) is 0 Å². The molecular weight excluding hydrogens is 396 g/mol. The topological polar surface area (TPSA) is 20.2 Å². The first-order valence-electron chi connectivity index (χ1n) is 5.45. The highest BCUT2D eigenvalue weighted by molar-refractivity contribution is 9.11. The summed E-state index contributed by atoms with van der Waals surface area (Å²) in [6, 6.07) is 12.2. The van der Waals surface area contributed by atoms with Gasteiger partial charge in [0.2, 0.25) is 0 Å². The summed E-state index contributed by atoms with van der Waals surface area (Å²) in [6.07, 6.45) is 0.404. The minimum atomic E-state index is -0.312. The smallest absolute Gasteiger partial charge is 0.0701 e. The van der Waals surface area contributed by atoms with E-state index >= 15 is 0 Å². The van der Waals surface area contributed by atoms with Crippen molar-refractivity contribution in [2.75, 3.05) is 5.75 Å². The van der Waals surface area contributed by atoms with Crippen molar-refractivity contribution in [1.82, 2.24) is 0 Å². The molecule has 0 amide bonds. The van der Waals surface area contributed by atoms with Gasteiger partial charge in [-0.1, -0.05) is 12.1 Å². The quantitative estimate of drug-likeness (QED) is 0.706. The summed E-state index contributed by atoms with van der Waals surface area (Å²) >= 11 is 10.3. The monoisotopic (exact) mass is 406 g/mol. The van der Waals surface area contributed by atoms with Crippen LogP contribution in [0.15, 0.2) is 49.6 Å². The Morgan fingerprint density at radius 1 is 1.17 bits per heavy atom. The Hall–Kier alpha value is 0.190. The van der Waals surface area contributed by atoms with Gasteiger partial charge in [-0.05, 0) is 56.1 Å². The van der Waals surface area contributed by atoms with E-state index in [0.717, 1.165) is 8.26 Å². The van der Waals surface area contributed by atoms with E-state index in [1.54, 1.807) is 23.1 Å². The van der Waals surface area contributed by atoms with E-state index in [4.69, 9.17) is 0 Å². The molecular formula is C13H12Br2OS2. The van der Waals surface area contributed by atoms with Crippen LogP contribution < -0.4 is 0 Å². The molecule has 1 heterocycles. The molecule has 0 saturated heterocycles. The summed E-state index contributed by atoms with van der Waals surface area (Å²) in [4.78, 5) is 2.38. The van der Waals surface area contributed by atoms with Crippen molar-refractivity contribution in [3.8, 4) is 0 Å². The third-order valence-electron chi connectivity index (χ3n) is 2.33. The molecule has 0 radical (unpaired) electrons. The molecule has 0 aliphatic carbocycles. The van der Waals surface area contributed by atoms with E-state index in [1.807, 2.05) is 24.3 Å². The van der Waals surface area contributed by atoms with Crippen LogP contribution in [0.2, 0.25) is 0 Å². The van der Waals surface area contributed by atoms with Crippen molar-refractivity contribution in [1.29, 1.82) is 0 Å².